The van der Waals surface area contributed by atoms with Gasteiger partial charge in [-0.2, -0.15) is 0 Å². The van der Waals surface area contributed by atoms with Crippen LogP contribution in [0, 0.1) is 0 Å². The number of para-hydroxylation sites is 2. The lowest BCUT2D eigenvalue weighted by Crippen LogP contribution is -2.00. The predicted molar refractivity (Wildman–Crippen MR) is 104 cm³/mol. The van der Waals surface area contributed by atoms with Crippen LogP contribution in [0.2, 0.25) is 0 Å². The molecule has 2 aromatic heterocycles. The highest BCUT2D eigenvalue weighted by atomic mass is 16.5. The van der Waals surface area contributed by atoms with Crippen LogP contribution in [0.1, 0.15) is 11.3 Å². The monoisotopic (exact) mass is 355 g/mol. The van der Waals surface area contributed by atoms with Gasteiger partial charge in [0.2, 0.25) is 0 Å². The van der Waals surface area contributed by atoms with Gasteiger partial charge in [0.1, 0.15) is 28.3 Å². The molecule has 0 amide bonds. The Hall–Kier alpha value is -3.60. The van der Waals surface area contributed by atoms with Crippen molar-refractivity contribution in [1.82, 2.24) is 15.0 Å². The van der Waals surface area contributed by atoms with Crippen LogP contribution >= 0.6 is 0 Å². The van der Waals surface area contributed by atoms with Crippen molar-refractivity contribution in [3.8, 4) is 11.4 Å². The predicted octanol–water partition coefficient (Wildman–Crippen LogP) is 4.77. The lowest BCUT2D eigenvalue weighted by molar-refractivity contribution is 0.414. The van der Waals surface area contributed by atoms with E-state index in [2.05, 4.69) is 28.5 Å². The van der Waals surface area contributed by atoms with E-state index in [1.807, 2.05) is 59.3 Å². The zero-order valence-electron chi connectivity index (χ0n) is 14.8. The molecule has 0 spiro atoms. The largest absolute Gasteiger partial charge is 0.497 e. The maximum absolute atomic E-state index is 6.21. The first-order valence-corrected chi connectivity index (χ1v) is 8.77. The van der Waals surface area contributed by atoms with Crippen LogP contribution in [0.4, 0.5) is 0 Å². The van der Waals surface area contributed by atoms with E-state index in [1.165, 1.54) is 0 Å². The summed E-state index contributed by atoms with van der Waals surface area (Å²) in [5, 5.41) is 9.74. The standard InChI is InChI=1S/C22H17N3O2/c1-26-16-12-10-15(11-13-16)14-21-22(17-6-2-5-9-20(17)27-21)25-19-8-4-3-7-18(19)23-24-25/h2-13H,14H2,1H3. The Balaban J connectivity index is 1.69. The van der Waals surface area contributed by atoms with E-state index in [4.69, 9.17) is 9.15 Å². The summed E-state index contributed by atoms with van der Waals surface area (Å²) in [7, 11) is 1.67. The Morgan fingerprint density at radius 3 is 2.56 bits per heavy atom. The highest BCUT2D eigenvalue weighted by Crippen LogP contribution is 2.32. The average molecular weight is 355 g/mol. The molecule has 5 rings (SSSR count). The van der Waals surface area contributed by atoms with Crippen LogP contribution in [0.3, 0.4) is 0 Å². The number of methoxy groups -OCH3 is 1. The molecule has 0 radical (unpaired) electrons. The Labute approximate surface area is 155 Å². The molecule has 5 aromatic rings. The summed E-state index contributed by atoms with van der Waals surface area (Å²) >= 11 is 0. The normalized spacial score (nSPS) is 11.3. The van der Waals surface area contributed by atoms with Crippen molar-refractivity contribution in [1.29, 1.82) is 0 Å². The van der Waals surface area contributed by atoms with Crippen molar-refractivity contribution in [3.63, 3.8) is 0 Å². The molecule has 132 valence electrons. The van der Waals surface area contributed by atoms with Crippen molar-refractivity contribution in [2.24, 2.45) is 0 Å². The Kier molecular flexibility index (Phi) is 3.64. The lowest BCUT2D eigenvalue weighted by Gasteiger charge is -2.05. The van der Waals surface area contributed by atoms with Gasteiger partial charge in [-0.3, -0.25) is 0 Å². The van der Waals surface area contributed by atoms with Gasteiger partial charge in [0.25, 0.3) is 0 Å². The summed E-state index contributed by atoms with van der Waals surface area (Å²) in [6.07, 6.45) is 0.655. The van der Waals surface area contributed by atoms with Crippen molar-refractivity contribution < 1.29 is 9.15 Å². The molecule has 0 aliphatic heterocycles. The summed E-state index contributed by atoms with van der Waals surface area (Å²) < 4.78 is 13.3. The second kappa shape index (κ2) is 6.29. The van der Waals surface area contributed by atoms with Gasteiger partial charge in [-0.05, 0) is 42.0 Å². The number of aromatic nitrogens is 3. The molecule has 0 saturated heterocycles. The molecule has 0 unspecified atom stereocenters. The molecule has 5 heteroatoms. The van der Waals surface area contributed by atoms with E-state index < -0.39 is 0 Å². The number of furan rings is 1. The van der Waals surface area contributed by atoms with Crippen LogP contribution in [0.15, 0.2) is 77.2 Å². The third-order valence-corrected chi connectivity index (χ3v) is 4.73. The summed E-state index contributed by atoms with van der Waals surface area (Å²) in [5.41, 5.74) is 4.74. The fraction of sp³-hybridized carbons (Fsp3) is 0.0909. The highest BCUT2D eigenvalue weighted by Gasteiger charge is 2.19. The van der Waals surface area contributed by atoms with Crippen molar-refractivity contribution in [3.05, 3.63) is 84.1 Å². The summed E-state index contributed by atoms with van der Waals surface area (Å²) in [6.45, 7) is 0. The minimum Gasteiger partial charge on any atom is -0.497 e. The van der Waals surface area contributed by atoms with Gasteiger partial charge in [-0.25, -0.2) is 4.68 Å². The van der Waals surface area contributed by atoms with E-state index in [9.17, 15) is 0 Å². The highest BCUT2D eigenvalue weighted by molar-refractivity contribution is 5.90. The minimum absolute atomic E-state index is 0.655. The molecule has 0 fully saturated rings. The quantitative estimate of drug-likeness (QED) is 0.466. The van der Waals surface area contributed by atoms with Crippen LogP contribution in [0.5, 0.6) is 5.75 Å². The first kappa shape index (κ1) is 15.6. The Morgan fingerprint density at radius 2 is 1.70 bits per heavy atom. The van der Waals surface area contributed by atoms with Crippen LogP contribution < -0.4 is 4.74 Å². The number of fused-ring (bicyclic) bond motifs is 2. The van der Waals surface area contributed by atoms with Crippen molar-refractivity contribution >= 4 is 22.0 Å². The summed E-state index contributed by atoms with van der Waals surface area (Å²) in [6, 6.07) is 24.0. The summed E-state index contributed by atoms with van der Waals surface area (Å²) in [5.74, 6) is 1.70. The number of hydrogen-bond donors (Lipinski definition) is 0. The molecular weight excluding hydrogens is 338 g/mol. The van der Waals surface area contributed by atoms with Gasteiger partial charge in [0.15, 0.2) is 0 Å². The molecule has 0 atom stereocenters. The van der Waals surface area contributed by atoms with E-state index in [0.717, 1.165) is 44.8 Å². The van der Waals surface area contributed by atoms with Gasteiger partial charge >= 0.3 is 0 Å². The zero-order chi connectivity index (χ0) is 18.2. The molecule has 0 saturated carbocycles. The molecule has 5 nitrogen and oxygen atoms in total. The molecule has 0 aliphatic carbocycles. The maximum atomic E-state index is 6.21. The first-order chi connectivity index (χ1) is 13.3. The molecule has 0 N–H and O–H groups in total. The molecule has 0 aliphatic rings. The fourth-order valence-corrected chi connectivity index (χ4v) is 3.40. The van der Waals surface area contributed by atoms with Crippen LogP contribution in [-0.4, -0.2) is 22.1 Å². The van der Waals surface area contributed by atoms with Gasteiger partial charge in [0.05, 0.1) is 12.6 Å². The Morgan fingerprint density at radius 1 is 0.926 bits per heavy atom. The topological polar surface area (TPSA) is 53.1 Å². The van der Waals surface area contributed by atoms with Gasteiger partial charge in [-0.15, -0.1) is 5.10 Å². The van der Waals surface area contributed by atoms with E-state index in [1.54, 1.807) is 7.11 Å². The van der Waals surface area contributed by atoms with Crippen molar-refractivity contribution in [2.45, 2.75) is 6.42 Å². The number of rotatable bonds is 4. The van der Waals surface area contributed by atoms with Crippen LogP contribution in [0.25, 0.3) is 27.7 Å². The molecule has 3 aromatic carbocycles. The first-order valence-electron chi connectivity index (χ1n) is 8.77. The fourth-order valence-electron chi connectivity index (χ4n) is 3.40. The number of nitrogens with zero attached hydrogens (tertiary/aromatic N) is 3. The molecule has 2 heterocycles. The third-order valence-electron chi connectivity index (χ3n) is 4.73. The van der Waals surface area contributed by atoms with Crippen LogP contribution in [-0.2, 0) is 6.42 Å². The average Bonchev–Trinajstić information content (AvgIpc) is 3.29. The van der Waals surface area contributed by atoms with Gasteiger partial charge in [-0.1, -0.05) is 41.6 Å². The molecule has 0 bridgehead atoms. The SMILES string of the molecule is COc1ccc(Cc2oc3ccccc3c2-n2nnc3ccccc32)cc1. The second-order valence-electron chi connectivity index (χ2n) is 6.38. The lowest BCUT2D eigenvalue weighted by atomic mass is 10.1. The Bertz CT molecular complexity index is 1240. The maximum Gasteiger partial charge on any atom is 0.136 e. The second-order valence-corrected chi connectivity index (χ2v) is 6.38. The number of benzene rings is 3. The number of hydrogen-bond acceptors (Lipinski definition) is 4. The van der Waals surface area contributed by atoms with Crippen molar-refractivity contribution in [2.75, 3.05) is 7.11 Å². The molecular formula is C22H17N3O2. The third kappa shape index (κ3) is 2.64. The summed E-state index contributed by atoms with van der Waals surface area (Å²) in [4.78, 5) is 0. The minimum atomic E-state index is 0.655. The number of ether oxygens (including phenoxy) is 1. The van der Waals surface area contributed by atoms with E-state index in [0.29, 0.717) is 6.42 Å². The van der Waals surface area contributed by atoms with Gasteiger partial charge in [0, 0.05) is 11.8 Å². The van der Waals surface area contributed by atoms with E-state index in [-0.39, 0.29) is 0 Å². The molecule has 27 heavy (non-hydrogen) atoms. The van der Waals surface area contributed by atoms with E-state index >= 15 is 0 Å². The van der Waals surface area contributed by atoms with Gasteiger partial charge < -0.3 is 9.15 Å². The zero-order valence-corrected chi connectivity index (χ0v) is 14.8. The smallest absolute Gasteiger partial charge is 0.136 e.